The number of nitrogens with zero attached hydrogens (tertiary/aromatic N) is 3. The number of aliphatic imine (C=N–C) groups is 1. The minimum atomic E-state index is -3.71. The number of rotatable bonds is 7. The number of hydrogen-bond acceptors (Lipinski definition) is 5. The van der Waals surface area contributed by atoms with Crippen molar-refractivity contribution in [3.05, 3.63) is 89.7 Å². The number of nitrogens with one attached hydrogen (secondary N) is 1. The van der Waals surface area contributed by atoms with Crippen molar-refractivity contribution >= 4 is 43.9 Å². The zero-order valence-electron chi connectivity index (χ0n) is 19.9. The van der Waals surface area contributed by atoms with Crippen molar-refractivity contribution in [1.82, 2.24) is 9.88 Å². The number of halogens is 1. The number of likely N-dealkylation sites (N-methyl/N-ethyl adjacent to an activating group) is 1. The lowest BCUT2D eigenvalue weighted by atomic mass is 10.0. The zero-order chi connectivity index (χ0) is 26.0. The molecule has 0 fully saturated rings. The predicted octanol–water partition coefficient (Wildman–Crippen LogP) is 4.04. The van der Waals surface area contributed by atoms with Crippen LogP contribution in [-0.2, 0) is 14.8 Å². The smallest absolute Gasteiger partial charge is 0.242 e. The lowest BCUT2D eigenvalue weighted by Crippen LogP contribution is -2.39. The number of sulfonamides is 1. The van der Waals surface area contributed by atoms with E-state index in [0.717, 1.165) is 16.1 Å². The highest BCUT2D eigenvalue weighted by Crippen LogP contribution is 2.32. The maximum Gasteiger partial charge on any atom is 0.242 e. The van der Waals surface area contributed by atoms with Crippen molar-refractivity contribution < 1.29 is 22.7 Å². The average molecular weight is 509 g/mol. The van der Waals surface area contributed by atoms with Gasteiger partial charge in [0.05, 0.1) is 34.4 Å². The third-order valence-electron chi connectivity index (χ3n) is 5.58. The monoisotopic (exact) mass is 508 g/mol. The van der Waals surface area contributed by atoms with Gasteiger partial charge in [0.15, 0.2) is 5.88 Å². The molecule has 1 aromatic heterocycles. The Labute approximate surface area is 208 Å². The van der Waals surface area contributed by atoms with Crippen molar-refractivity contribution in [2.45, 2.75) is 0 Å². The molecular weight excluding hydrogens is 483 g/mol. The summed E-state index contributed by atoms with van der Waals surface area (Å²) in [5.41, 5.74) is 2.81. The first kappa shape index (κ1) is 24.9. The summed E-state index contributed by atoms with van der Waals surface area (Å²) in [4.78, 5) is 21.1. The Morgan fingerprint density at radius 2 is 1.69 bits per heavy atom. The minimum Gasteiger partial charge on any atom is -0.494 e. The predicted molar refractivity (Wildman–Crippen MR) is 139 cm³/mol. The van der Waals surface area contributed by atoms with Crippen LogP contribution in [0.1, 0.15) is 11.1 Å². The van der Waals surface area contributed by atoms with Crippen molar-refractivity contribution in [3.63, 3.8) is 0 Å². The molecule has 186 valence electrons. The van der Waals surface area contributed by atoms with Crippen LogP contribution in [0.2, 0.25) is 0 Å². The fourth-order valence-corrected chi connectivity index (χ4v) is 4.59. The highest BCUT2D eigenvalue weighted by molar-refractivity contribution is 7.92. The molecule has 8 nitrogen and oxygen atoms in total. The molecular formula is C26H25FN4O4S. The van der Waals surface area contributed by atoms with Crippen LogP contribution in [0.4, 0.5) is 15.8 Å². The summed E-state index contributed by atoms with van der Waals surface area (Å²) in [6, 6.07) is 19.8. The Hall–Kier alpha value is -4.18. The van der Waals surface area contributed by atoms with Crippen LogP contribution in [0.3, 0.4) is 0 Å². The second-order valence-electron chi connectivity index (χ2n) is 8.44. The van der Waals surface area contributed by atoms with Gasteiger partial charge in [-0.1, -0.05) is 30.3 Å². The Morgan fingerprint density at radius 1 is 1.03 bits per heavy atom. The van der Waals surface area contributed by atoms with E-state index in [0.29, 0.717) is 33.6 Å². The first-order chi connectivity index (χ1) is 17.0. The van der Waals surface area contributed by atoms with Crippen LogP contribution in [0, 0.1) is 5.82 Å². The fourth-order valence-electron chi connectivity index (χ4n) is 3.74. The number of aromatic hydroxyl groups is 1. The van der Waals surface area contributed by atoms with Gasteiger partial charge in [0.2, 0.25) is 15.9 Å². The van der Waals surface area contributed by atoms with E-state index in [1.54, 1.807) is 44.4 Å². The quantitative estimate of drug-likeness (QED) is 0.368. The second-order valence-corrected chi connectivity index (χ2v) is 10.3. The number of hydrogen-bond donors (Lipinski definition) is 2. The van der Waals surface area contributed by atoms with Crippen molar-refractivity contribution in [2.24, 2.45) is 4.99 Å². The molecule has 0 spiro atoms. The number of anilines is 1. The number of carbonyl (C=O) groups excluding carboxylic acids is 1. The largest absolute Gasteiger partial charge is 0.494 e. The molecule has 4 aromatic rings. The van der Waals surface area contributed by atoms with E-state index in [4.69, 9.17) is 4.99 Å². The number of amides is 1. The van der Waals surface area contributed by atoms with Gasteiger partial charge in [-0.3, -0.25) is 9.10 Å². The number of aromatic nitrogens is 1. The van der Waals surface area contributed by atoms with Crippen molar-refractivity contribution in [1.29, 1.82) is 0 Å². The molecule has 0 atom stereocenters. The van der Waals surface area contributed by atoms with Gasteiger partial charge in [-0.15, -0.1) is 0 Å². The molecule has 10 heteroatoms. The number of carbonyl (C=O) groups is 1. The molecule has 0 bridgehead atoms. The maximum absolute atomic E-state index is 13.8. The number of H-pyrrole nitrogens is 1. The first-order valence-corrected chi connectivity index (χ1v) is 12.8. The lowest BCUT2D eigenvalue weighted by Gasteiger charge is -2.23. The molecule has 0 unspecified atom stereocenters. The van der Waals surface area contributed by atoms with Crippen molar-refractivity contribution in [3.8, 4) is 5.88 Å². The van der Waals surface area contributed by atoms with E-state index >= 15 is 0 Å². The molecule has 0 radical (unpaired) electrons. The number of benzene rings is 3. The van der Waals surface area contributed by atoms with Gasteiger partial charge >= 0.3 is 0 Å². The van der Waals surface area contributed by atoms with Gasteiger partial charge in [0, 0.05) is 25.0 Å². The van der Waals surface area contributed by atoms with E-state index in [1.165, 1.54) is 17.0 Å². The highest BCUT2D eigenvalue weighted by Gasteiger charge is 2.22. The molecule has 0 saturated carbocycles. The third kappa shape index (κ3) is 5.23. The summed E-state index contributed by atoms with van der Waals surface area (Å²) < 4.78 is 39.5. The van der Waals surface area contributed by atoms with Crippen LogP contribution in [0.15, 0.2) is 77.8 Å². The first-order valence-electron chi connectivity index (χ1n) is 11.0. The van der Waals surface area contributed by atoms with Crippen LogP contribution >= 0.6 is 0 Å². The van der Waals surface area contributed by atoms with Gasteiger partial charge in [0.25, 0.3) is 0 Å². The van der Waals surface area contributed by atoms with Gasteiger partial charge in [0.1, 0.15) is 12.4 Å². The third-order valence-corrected chi connectivity index (χ3v) is 6.72. The summed E-state index contributed by atoms with van der Waals surface area (Å²) in [7, 11) is -0.601. The fraction of sp³-hybridized carbons (Fsp3) is 0.154. The summed E-state index contributed by atoms with van der Waals surface area (Å²) >= 11 is 0. The van der Waals surface area contributed by atoms with Crippen LogP contribution < -0.4 is 4.31 Å². The molecule has 4 rings (SSSR count). The molecule has 1 amide bonds. The molecule has 0 aliphatic carbocycles. The summed E-state index contributed by atoms with van der Waals surface area (Å²) in [5, 5.41) is 11.3. The lowest BCUT2D eigenvalue weighted by molar-refractivity contribution is -0.127. The molecule has 3 aromatic carbocycles. The normalized spacial score (nSPS) is 12.1. The minimum absolute atomic E-state index is 0.153. The summed E-state index contributed by atoms with van der Waals surface area (Å²) in [6.07, 6.45) is 1.04. The van der Waals surface area contributed by atoms with E-state index in [2.05, 4.69) is 4.98 Å². The Kier molecular flexibility index (Phi) is 6.80. The van der Waals surface area contributed by atoms with Gasteiger partial charge in [-0.25, -0.2) is 17.8 Å². The Morgan fingerprint density at radius 3 is 2.31 bits per heavy atom. The highest BCUT2D eigenvalue weighted by atomic mass is 32.2. The number of fused-ring (bicyclic) bond motifs is 1. The van der Waals surface area contributed by atoms with Crippen molar-refractivity contribution in [2.75, 3.05) is 31.2 Å². The molecule has 1 heterocycles. The average Bonchev–Trinajstić information content (AvgIpc) is 3.15. The van der Waals surface area contributed by atoms with Gasteiger partial charge in [-0.05, 0) is 42.5 Å². The molecule has 0 aliphatic rings. The summed E-state index contributed by atoms with van der Waals surface area (Å²) in [6.45, 7) is -0.330. The van der Waals surface area contributed by atoms with E-state index in [-0.39, 0.29) is 18.3 Å². The second kappa shape index (κ2) is 9.82. The molecule has 36 heavy (non-hydrogen) atoms. The maximum atomic E-state index is 13.8. The zero-order valence-corrected chi connectivity index (χ0v) is 20.8. The Bertz CT molecular complexity index is 1550. The van der Waals surface area contributed by atoms with Crippen LogP contribution in [0.5, 0.6) is 5.88 Å². The van der Waals surface area contributed by atoms with E-state index < -0.39 is 15.8 Å². The molecule has 2 N–H and O–H groups in total. The van der Waals surface area contributed by atoms with Gasteiger partial charge < -0.3 is 15.0 Å². The molecule has 0 aliphatic heterocycles. The van der Waals surface area contributed by atoms with Gasteiger partial charge in [-0.2, -0.15) is 0 Å². The standard InChI is InChI=1S/C26H25FN4O4S/c1-30(2)23(32)16-31(36(3,34)35)20-12-10-19(11-13-20)28-25(17-7-5-4-6-8-17)24-21-14-9-18(27)15-22(21)29-26(24)33/h4-15,29,33H,16H2,1-3H3. The topological polar surface area (TPSA) is 106 Å². The SMILES string of the molecule is CN(C)C(=O)CN(c1ccc(N=C(c2ccccc2)c2c(O)[nH]c3cc(F)ccc23)cc1)S(C)(=O)=O. The molecule has 0 saturated heterocycles. The summed E-state index contributed by atoms with van der Waals surface area (Å²) in [5.74, 6) is -0.951. The van der Waals surface area contributed by atoms with E-state index in [1.807, 2.05) is 30.3 Å². The number of aromatic amines is 1. The Balaban J connectivity index is 1.80. The van der Waals surface area contributed by atoms with E-state index in [9.17, 15) is 22.7 Å². The van der Waals surface area contributed by atoms with Crippen LogP contribution in [-0.4, -0.2) is 61.9 Å². The van der Waals surface area contributed by atoms with Crippen LogP contribution in [0.25, 0.3) is 10.9 Å².